The second kappa shape index (κ2) is 9.79. The number of aromatic nitrogens is 3. The average Bonchev–Trinajstić information content (AvgIpc) is 3.55. The van der Waals surface area contributed by atoms with Gasteiger partial charge in [-0.15, -0.1) is 4.41 Å². The molecule has 0 bridgehead atoms. The van der Waals surface area contributed by atoms with Gasteiger partial charge in [-0.1, -0.05) is 0 Å². The number of carbonyl (C=O) groups is 1. The number of nitriles is 1. The minimum absolute atomic E-state index is 0.0884. The number of rotatable bonds is 6. The van der Waals surface area contributed by atoms with Crippen molar-refractivity contribution in [2.24, 2.45) is 0 Å². The maximum atomic E-state index is 15.3. The van der Waals surface area contributed by atoms with Crippen molar-refractivity contribution in [1.82, 2.24) is 29.7 Å². The van der Waals surface area contributed by atoms with Crippen molar-refractivity contribution in [3.05, 3.63) is 59.5 Å². The Bertz CT molecular complexity index is 1350. The van der Waals surface area contributed by atoms with Gasteiger partial charge in [0.15, 0.2) is 5.79 Å². The van der Waals surface area contributed by atoms with Crippen LogP contribution in [0.5, 0.6) is 0 Å². The van der Waals surface area contributed by atoms with E-state index in [0.717, 1.165) is 5.39 Å². The molecule has 0 saturated heterocycles. The molecule has 9 nitrogen and oxygen atoms in total. The topological polar surface area (TPSA) is 111 Å². The molecular formula is C25H27FN8OS. The van der Waals surface area contributed by atoms with Crippen LogP contribution in [0, 0.1) is 11.3 Å². The first kappa shape index (κ1) is 24.1. The van der Waals surface area contributed by atoms with Gasteiger partial charge in [0.2, 0.25) is 0 Å². The highest BCUT2D eigenvalue weighted by molar-refractivity contribution is 8.00. The maximum absolute atomic E-state index is 15.3. The standard InChI is InChI=1S/C25H27FN8OS/c1-16(2)31-21-12-22(33-9-5-18-11-17(13-27)14-29-23(18)33)28-15-20(21)24(35)32-19-3-6-25(26,7-4-19)34-30-8-10-36-34/h5,8-12,14-16,19,30H,3-4,6-7H2,1-2H3,(H,28,31)(H,32,35). The van der Waals surface area contributed by atoms with Crippen LogP contribution >= 0.6 is 11.9 Å². The highest BCUT2D eigenvalue weighted by Gasteiger charge is 2.42. The Morgan fingerprint density at radius 1 is 1.31 bits per heavy atom. The average molecular weight is 507 g/mol. The van der Waals surface area contributed by atoms with Crippen LogP contribution in [-0.4, -0.2) is 42.7 Å². The summed E-state index contributed by atoms with van der Waals surface area (Å²) in [6.45, 7) is 4.00. The maximum Gasteiger partial charge on any atom is 0.255 e. The fourth-order valence-electron chi connectivity index (χ4n) is 4.56. The fourth-order valence-corrected chi connectivity index (χ4v) is 5.29. The Morgan fingerprint density at radius 3 is 2.81 bits per heavy atom. The van der Waals surface area contributed by atoms with Crippen molar-refractivity contribution in [1.29, 1.82) is 5.26 Å². The molecule has 1 aliphatic carbocycles. The molecule has 0 radical (unpaired) electrons. The summed E-state index contributed by atoms with van der Waals surface area (Å²) >= 11 is 1.31. The lowest BCUT2D eigenvalue weighted by atomic mass is 9.89. The number of carbonyl (C=O) groups excluding carboxylic acids is 1. The smallest absolute Gasteiger partial charge is 0.255 e. The minimum atomic E-state index is -1.44. The first-order valence-electron chi connectivity index (χ1n) is 11.9. The quantitative estimate of drug-likeness (QED) is 0.334. The van der Waals surface area contributed by atoms with Crippen molar-refractivity contribution in [2.45, 2.75) is 57.4 Å². The number of pyridine rings is 2. The molecule has 2 aliphatic rings. The van der Waals surface area contributed by atoms with Gasteiger partial charge in [-0.2, -0.15) is 5.26 Å². The predicted octanol–water partition coefficient (Wildman–Crippen LogP) is 4.39. The highest BCUT2D eigenvalue weighted by atomic mass is 32.2. The number of hydrazine groups is 1. The SMILES string of the molecule is CC(C)Nc1cc(-n2ccc3cc(C#N)cnc32)ncc1C(=O)NC1CCC(F)(N2NC=CS2)CC1. The number of alkyl halides is 1. The Balaban J connectivity index is 1.34. The summed E-state index contributed by atoms with van der Waals surface area (Å²) in [7, 11) is 0. The van der Waals surface area contributed by atoms with E-state index in [-0.39, 0.29) is 18.0 Å². The molecule has 3 aromatic rings. The van der Waals surface area contributed by atoms with Crippen molar-refractivity contribution in [2.75, 3.05) is 5.32 Å². The van der Waals surface area contributed by atoms with Crippen molar-refractivity contribution >= 4 is 34.6 Å². The van der Waals surface area contributed by atoms with Crippen molar-refractivity contribution in [3.8, 4) is 11.9 Å². The molecule has 0 aromatic carbocycles. The van der Waals surface area contributed by atoms with Gasteiger partial charge in [0, 0.05) is 53.7 Å². The van der Waals surface area contributed by atoms with E-state index in [0.29, 0.717) is 54.0 Å². The zero-order chi connectivity index (χ0) is 25.3. The Kier molecular flexibility index (Phi) is 6.55. The van der Waals surface area contributed by atoms with Crippen LogP contribution in [0.1, 0.15) is 55.5 Å². The van der Waals surface area contributed by atoms with Gasteiger partial charge in [0.25, 0.3) is 5.91 Å². The van der Waals surface area contributed by atoms with E-state index >= 15 is 4.39 Å². The van der Waals surface area contributed by atoms with Crippen LogP contribution in [0.15, 0.2) is 48.4 Å². The molecule has 1 aliphatic heterocycles. The Labute approximate surface area is 212 Å². The van der Waals surface area contributed by atoms with Crippen LogP contribution in [0.4, 0.5) is 10.1 Å². The number of halogens is 1. The molecule has 36 heavy (non-hydrogen) atoms. The third-order valence-corrected chi connectivity index (χ3v) is 7.26. The van der Waals surface area contributed by atoms with Gasteiger partial charge in [-0.3, -0.25) is 9.36 Å². The van der Waals surface area contributed by atoms with Gasteiger partial charge in [0.05, 0.1) is 16.8 Å². The second-order valence-electron chi connectivity index (χ2n) is 9.32. The summed E-state index contributed by atoms with van der Waals surface area (Å²) in [5.41, 5.74) is 5.17. The molecule has 1 fully saturated rings. The van der Waals surface area contributed by atoms with E-state index < -0.39 is 5.79 Å². The molecule has 186 valence electrons. The number of fused-ring (bicyclic) bond motifs is 1. The molecule has 0 spiro atoms. The first-order chi connectivity index (χ1) is 17.4. The van der Waals surface area contributed by atoms with Crippen LogP contribution in [0.25, 0.3) is 16.9 Å². The summed E-state index contributed by atoms with van der Waals surface area (Å²) in [5.74, 6) is -1.08. The van der Waals surface area contributed by atoms with E-state index in [1.54, 1.807) is 22.9 Å². The van der Waals surface area contributed by atoms with Crippen LogP contribution in [0.2, 0.25) is 0 Å². The zero-order valence-electron chi connectivity index (χ0n) is 20.0. The van der Waals surface area contributed by atoms with Gasteiger partial charge in [0.1, 0.15) is 17.5 Å². The minimum Gasteiger partial charge on any atom is -0.382 e. The molecule has 11 heteroatoms. The number of anilines is 1. The summed E-state index contributed by atoms with van der Waals surface area (Å²) in [6.07, 6.45) is 8.40. The number of nitrogens with zero attached hydrogens (tertiary/aromatic N) is 5. The highest BCUT2D eigenvalue weighted by Crippen LogP contribution is 2.39. The predicted molar refractivity (Wildman–Crippen MR) is 138 cm³/mol. The molecule has 0 unspecified atom stereocenters. The van der Waals surface area contributed by atoms with Gasteiger partial charge < -0.3 is 16.1 Å². The van der Waals surface area contributed by atoms with E-state index in [2.05, 4.69) is 32.1 Å². The summed E-state index contributed by atoms with van der Waals surface area (Å²) in [4.78, 5) is 22.2. The van der Waals surface area contributed by atoms with Crippen molar-refractivity contribution < 1.29 is 9.18 Å². The molecule has 3 N–H and O–H groups in total. The summed E-state index contributed by atoms with van der Waals surface area (Å²) in [6, 6.07) is 7.55. The lowest BCUT2D eigenvalue weighted by molar-refractivity contribution is -0.0234. The second-order valence-corrected chi connectivity index (χ2v) is 10.2. The molecular weight excluding hydrogens is 479 g/mol. The lowest BCUT2D eigenvalue weighted by Gasteiger charge is -2.39. The van der Waals surface area contributed by atoms with Gasteiger partial charge >= 0.3 is 0 Å². The van der Waals surface area contributed by atoms with E-state index in [9.17, 15) is 4.79 Å². The largest absolute Gasteiger partial charge is 0.382 e. The normalized spacial score (nSPS) is 21.9. The number of hydrogen-bond donors (Lipinski definition) is 3. The van der Waals surface area contributed by atoms with Crippen LogP contribution < -0.4 is 16.1 Å². The monoisotopic (exact) mass is 506 g/mol. The molecule has 1 amide bonds. The fraction of sp³-hybridized carbons (Fsp3) is 0.360. The molecule has 1 saturated carbocycles. The number of nitrogens with one attached hydrogen (secondary N) is 3. The Morgan fingerprint density at radius 2 is 2.11 bits per heavy atom. The Hall–Kier alpha value is -3.62. The number of hydrogen-bond acceptors (Lipinski definition) is 8. The van der Waals surface area contributed by atoms with E-state index in [1.807, 2.05) is 42.2 Å². The molecule has 4 heterocycles. The summed E-state index contributed by atoms with van der Waals surface area (Å²) in [5, 5.41) is 18.2. The van der Waals surface area contributed by atoms with E-state index in [4.69, 9.17) is 5.26 Å². The van der Waals surface area contributed by atoms with Gasteiger partial charge in [-0.05, 0) is 63.6 Å². The number of amides is 1. The summed E-state index contributed by atoms with van der Waals surface area (Å²) < 4.78 is 18.7. The molecule has 3 aromatic heterocycles. The van der Waals surface area contributed by atoms with Crippen LogP contribution in [0.3, 0.4) is 0 Å². The van der Waals surface area contributed by atoms with Crippen molar-refractivity contribution in [3.63, 3.8) is 0 Å². The third kappa shape index (κ3) is 4.74. The van der Waals surface area contributed by atoms with E-state index in [1.165, 1.54) is 18.1 Å². The van der Waals surface area contributed by atoms with Crippen LogP contribution in [-0.2, 0) is 0 Å². The van der Waals surface area contributed by atoms with Gasteiger partial charge in [-0.25, -0.2) is 14.4 Å². The zero-order valence-corrected chi connectivity index (χ0v) is 20.8. The lowest BCUT2D eigenvalue weighted by Crippen LogP contribution is -2.50. The molecule has 0 atom stereocenters. The molecule has 5 rings (SSSR count). The third-order valence-electron chi connectivity index (χ3n) is 6.36. The first-order valence-corrected chi connectivity index (χ1v) is 12.7.